The number of hydrogen-bond acceptors (Lipinski definition) is 7. The lowest BCUT2D eigenvalue weighted by atomic mass is 10.2. The molecule has 35 heavy (non-hydrogen) atoms. The Morgan fingerprint density at radius 1 is 1.14 bits per heavy atom. The van der Waals surface area contributed by atoms with Gasteiger partial charge >= 0.3 is 0 Å². The second-order valence-electron chi connectivity index (χ2n) is 9.04. The number of anilines is 2. The molecule has 0 radical (unpaired) electrons. The van der Waals surface area contributed by atoms with E-state index in [1.807, 2.05) is 18.5 Å². The van der Waals surface area contributed by atoms with Crippen molar-refractivity contribution in [2.45, 2.75) is 17.9 Å². The van der Waals surface area contributed by atoms with E-state index in [0.29, 0.717) is 17.9 Å². The monoisotopic (exact) mass is 497 g/mol. The quantitative estimate of drug-likeness (QED) is 0.488. The fourth-order valence-corrected chi connectivity index (χ4v) is 5.27. The molecule has 0 spiro atoms. The van der Waals surface area contributed by atoms with Crippen LogP contribution in [0.1, 0.15) is 33.9 Å². The zero-order chi connectivity index (χ0) is 24.9. The van der Waals surface area contributed by atoms with E-state index < -0.39 is 15.9 Å². The second kappa shape index (κ2) is 8.63. The predicted octanol–water partition coefficient (Wildman–Crippen LogP) is 0.992. The largest absolute Gasteiger partial charge is 0.369 e. The molecule has 1 atom stereocenters. The van der Waals surface area contributed by atoms with Crippen molar-refractivity contribution in [3.8, 4) is 0 Å². The van der Waals surface area contributed by atoms with Crippen LogP contribution in [0.2, 0.25) is 0 Å². The van der Waals surface area contributed by atoms with Gasteiger partial charge in [-0.3, -0.25) is 9.59 Å². The van der Waals surface area contributed by atoms with Crippen LogP contribution in [-0.2, 0) is 10.0 Å². The minimum Gasteiger partial charge on any atom is -0.369 e. The number of fused-ring (bicyclic) bond motifs is 3. The molecule has 0 unspecified atom stereocenters. The summed E-state index contributed by atoms with van der Waals surface area (Å²) in [5.41, 5.74) is 1.92. The molecule has 0 saturated carbocycles. The standard InChI is InChI=1S/C23H27N7O4S/c1-14-13-25-23(32)19-11-15-3-5-18(26-21(15)30(14)19)22(31)27-17-6-4-16(12-20(17)35(24,33)34)29-9-7-28(2)8-10-29/h3-6,11-12,14H,7-10,13H2,1-2H3,(H,25,32)(H,27,31)(H2,24,33,34)/t14-/m1/s1. The molecule has 11 nitrogen and oxygen atoms in total. The molecule has 2 aliphatic heterocycles. The summed E-state index contributed by atoms with van der Waals surface area (Å²) in [6, 6.07) is 9.80. The number of sulfonamides is 1. The minimum atomic E-state index is -4.11. The number of nitrogens with zero attached hydrogens (tertiary/aromatic N) is 4. The summed E-state index contributed by atoms with van der Waals surface area (Å²) in [6.07, 6.45) is 0. The Kier molecular flexibility index (Phi) is 5.74. The molecule has 1 saturated heterocycles. The molecular formula is C23H27N7O4S. The van der Waals surface area contributed by atoms with Crippen molar-refractivity contribution < 1.29 is 18.0 Å². The normalized spacial score (nSPS) is 18.9. The highest BCUT2D eigenvalue weighted by molar-refractivity contribution is 7.89. The number of nitrogens with two attached hydrogens (primary N) is 1. The Balaban J connectivity index is 1.46. The van der Waals surface area contributed by atoms with E-state index >= 15 is 0 Å². The lowest BCUT2D eigenvalue weighted by molar-refractivity contribution is 0.0918. The molecule has 4 N–H and O–H groups in total. The molecule has 2 aliphatic rings. The first-order valence-corrected chi connectivity index (χ1v) is 12.9. The van der Waals surface area contributed by atoms with Crippen LogP contribution in [-0.4, -0.2) is 74.5 Å². The zero-order valence-corrected chi connectivity index (χ0v) is 20.3. The highest BCUT2D eigenvalue weighted by atomic mass is 32.2. The summed E-state index contributed by atoms with van der Waals surface area (Å²) in [4.78, 5) is 33.9. The maximum absolute atomic E-state index is 13.1. The smallest absolute Gasteiger partial charge is 0.274 e. The van der Waals surface area contributed by atoms with E-state index in [2.05, 4.69) is 25.4 Å². The van der Waals surface area contributed by atoms with Crippen molar-refractivity contribution >= 4 is 44.2 Å². The van der Waals surface area contributed by atoms with E-state index in [9.17, 15) is 18.0 Å². The lowest BCUT2D eigenvalue weighted by Crippen LogP contribution is -2.44. The Bertz CT molecular complexity index is 1440. The van der Waals surface area contributed by atoms with E-state index in [-0.39, 0.29) is 28.2 Å². The van der Waals surface area contributed by atoms with Crippen molar-refractivity contribution in [2.24, 2.45) is 5.14 Å². The fourth-order valence-electron chi connectivity index (χ4n) is 4.56. The van der Waals surface area contributed by atoms with E-state index in [0.717, 1.165) is 37.3 Å². The summed E-state index contributed by atoms with van der Waals surface area (Å²) in [5, 5.41) is 11.7. The highest BCUT2D eigenvalue weighted by Gasteiger charge is 2.26. The molecule has 2 aromatic heterocycles. The van der Waals surface area contributed by atoms with Gasteiger partial charge in [0.1, 0.15) is 21.9 Å². The van der Waals surface area contributed by atoms with Crippen molar-refractivity contribution in [3.63, 3.8) is 0 Å². The molecule has 5 rings (SSSR count). The first-order valence-electron chi connectivity index (χ1n) is 11.3. The SMILES string of the molecule is C[C@@H]1CNC(=O)c2cc3ccc(C(=O)Nc4ccc(N5CCN(C)CC5)cc4S(N)(=O)=O)nc3n21. The zero-order valence-electron chi connectivity index (χ0n) is 19.5. The van der Waals surface area contributed by atoms with Crippen molar-refractivity contribution in [1.82, 2.24) is 19.8 Å². The molecule has 12 heteroatoms. The van der Waals surface area contributed by atoms with Crippen LogP contribution in [0, 0.1) is 0 Å². The van der Waals surface area contributed by atoms with Crippen LogP contribution in [0.5, 0.6) is 0 Å². The number of carbonyl (C=O) groups excluding carboxylic acids is 2. The number of benzene rings is 1. The van der Waals surface area contributed by atoms with Gasteiger partial charge in [0, 0.05) is 43.8 Å². The molecular weight excluding hydrogens is 470 g/mol. The first kappa shape index (κ1) is 23.3. The number of pyridine rings is 1. The van der Waals surface area contributed by atoms with E-state index in [1.165, 1.54) is 6.07 Å². The van der Waals surface area contributed by atoms with E-state index in [4.69, 9.17) is 5.14 Å². The number of amides is 2. The van der Waals surface area contributed by atoms with Crippen LogP contribution >= 0.6 is 0 Å². The molecule has 2 amide bonds. The first-order chi connectivity index (χ1) is 16.6. The molecule has 0 bridgehead atoms. The van der Waals surface area contributed by atoms with Gasteiger partial charge in [0.05, 0.1) is 11.7 Å². The third-order valence-corrected chi connectivity index (χ3v) is 7.49. The average Bonchev–Trinajstić information content (AvgIpc) is 3.22. The van der Waals surface area contributed by atoms with Crippen molar-refractivity contribution in [2.75, 3.05) is 50.0 Å². The maximum Gasteiger partial charge on any atom is 0.274 e. The summed E-state index contributed by atoms with van der Waals surface area (Å²) in [6.45, 7) is 5.66. The molecule has 1 aromatic carbocycles. The summed E-state index contributed by atoms with van der Waals surface area (Å²) in [5.74, 6) is -0.766. The number of primary sulfonamides is 1. The summed E-state index contributed by atoms with van der Waals surface area (Å²) in [7, 11) is -2.07. The molecule has 4 heterocycles. The van der Waals surface area contributed by atoms with Crippen LogP contribution in [0.4, 0.5) is 11.4 Å². The van der Waals surface area contributed by atoms with Crippen molar-refractivity contribution in [3.05, 3.63) is 47.8 Å². The van der Waals surface area contributed by atoms with Crippen LogP contribution in [0.25, 0.3) is 11.0 Å². The Labute approximate surface area is 202 Å². The van der Waals surface area contributed by atoms with Gasteiger partial charge in [0.25, 0.3) is 11.8 Å². The van der Waals surface area contributed by atoms with Gasteiger partial charge in [0.2, 0.25) is 10.0 Å². The molecule has 1 fully saturated rings. The van der Waals surface area contributed by atoms with Gasteiger partial charge < -0.3 is 25.0 Å². The number of hydrogen-bond donors (Lipinski definition) is 3. The number of piperazine rings is 1. The summed E-state index contributed by atoms with van der Waals surface area (Å²) < 4.78 is 26.5. The van der Waals surface area contributed by atoms with Gasteiger partial charge in [-0.2, -0.15) is 0 Å². The third-order valence-electron chi connectivity index (χ3n) is 6.54. The Hall–Kier alpha value is -3.48. The van der Waals surface area contributed by atoms with Crippen LogP contribution in [0.15, 0.2) is 41.3 Å². The maximum atomic E-state index is 13.1. The minimum absolute atomic E-state index is 0.0258. The Morgan fingerprint density at radius 2 is 1.89 bits per heavy atom. The van der Waals surface area contributed by atoms with Crippen LogP contribution < -0.4 is 20.7 Å². The van der Waals surface area contributed by atoms with Crippen molar-refractivity contribution in [1.29, 1.82) is 0 Å². The number of rotatable bonds is 4. The molecule has 0 aliphatic carbocycles. The average molecular weight is 498 g/mol. The fraction of sp³-hybridized carbons (Fsp3) is 0.348. The van der Waals surface area contributed by atoms with E-state index in [1.54, 1.807) is 30.3 Å². The third kappa shape index (κ3) is 4.35. The topological polar surface area (TPSA) is 143 Å². The predicted molar refractivity (Wildman–Crippen MR) is 132 cm³/mol. The van der Waals surface area contributed by atoms with Gasteiger partial charge in [-0.15, -0.1) is 0 Å². The van der Waals surface area contributed by atoms with Crippen LogP contribution in [0.3, 0.4) is 0 Å². The van der Waals surface area contributed by atoms with Gasteiger partial charge in [0.15, 0.2) is 0 Å². The molecule has 184 valence electrons. The summed E-state index contributed by atoms with van der Waals surface area (Å²) >= 11 is 0. The Morgan fingerprint density at radius 3 is 2.60 bits per heavy atom. The van der Waals surface area contributed by atoms with Gasteiger partial charge in [-0.25, -0.2) is 18.5 Å². The molecule has 3 aromatic rings. The number of aromatic nitrogens is 2. The van der Waals surface area contributed by atoms with Gasteiger partial charge in [-0.1, -0.05) is 0 Å². The number of likely N-dealkylation sites (N-methyl/N-ethyl adjacent to an activating group) is 1. The van der Waals surface area contributed by atoms with Gasteiger partial charge in [-0.05, 0) is 50.4 Å². The highest BCUT2D eigenvalue weighted by Crippen LogP contribution is 2.29. The number of carbonyl (C=O) groups is 2. The lowest BCUT2D eigenvalue weighted by Gasteiger charge is -2.34. The second-order valence-corrected chi connectivity index (χ2v) is 10.6. The number of nitrogens with one attached hydrogen (secondary N) is 2.